The van der Waals surface area contributed by atoms with Crippen LogP contribution in [0.15, 0.2) is 36.5 Å². The van der Waals surface area contributed by atoms with Gasteiger partial charge in [-0.05, 0) is 30.3 Å². The number of morpholine rings is 1. The lowest BCUT2D eigenvalue weighted by atomic mass is 10.1. The van der Waals surface area contributed by atoms with Gasteiger partial charge in [-0.25, -0.2) is 4.98 Å². The highest BCUT2D eigenvalue weighted by atomic mass is 32.1. The first kappa shape index (κ1) is 25.5. The summed E-state index contributed by atoms with van der Waals surface area (Å²) in [5, 5.41) is 11.4. The molecular formula is C22H21F3N6O4S. The molecule has 1 fully saturated rings. The minimum absolute atomic E-state index is 0.0411. The van der Waals surface area contributed by atoms with E-state index in [1.807, 2.05) is 4.90 Å². The van der Waals surface area contributed by atoms with E-state index in [4.69, 9.17) is 10.5 Å². The highest BCUT2D eigenvalue weighted by Crippen LogP contribution is 2.32. The number of nitrogen functional groups attached to an aromatic ring is 1. The Morgan fingerprint density at radius 1 is 1.17 bits per heavy atom. The van der Waals surface area contributed by atoms with E-state index in [9.17, 15) is 22.8 Å². The third kappa shape index (κ3) is 6.96. The monoisotopic (exact) mass is 522 g/mol. The van der Waals surface area contributed by atoms with E-state index in [0.29, 0.717) is 47.7 Å². The second-order valence-corrected chi connectivity index (χ2v) is 8.83. The summed E-state index contributed by atoms with van der Waals surface area (Å²) in [5.74, 6) is -1.23. The molecule has 0 atom stereocenters. The number of carbonyl (C=O) groups excluding carboxylic acids is 2. The SMILES string of the molecule is Nc1ccc(-c2nnc(CC(=O)c3ccc(OC(F)(F)F)c(NC(=O)CN4CCOCC4)c3)s2)cn1. The van der Waals surface area contributed by atoms with Crippen LogP contribution in [0.4, 0.5) is 24.7 Å². The molecule has 0 aliphatic carbocycles. The van der Waals surface area contributed by atoms with Crippen molar-refractivity contribution in [2.45, 2.75) is 12.8 Å². The number of halogens is 3. The maximum Gasteiger partial charge on any atom is 0.573 e. The molecule has 0 spiro atoms. The summed E-state index contributed by atoms with van der Waals surface area (Å²) in [6.07, 6.45) is -3.58. The highest BCUT2D eigenvalue weighted by molar-refractivity contribution is 7.14. The van der Waals surface area contributed by atoms with Gasteiger partial charge in [0, 0.05) is 30.4 Å². The lowest BCUT2D eigenvalue weighted by molar-refractivity contribution is -0.274. The van der Waals surface area contributed by atoms with Crippen LogP contribution in [0.5, 0.6) is 5.75 Å². The molecule has 1 aliphatic rings. The molecule has 36 heavy (non-hydrogen) atoms. The minimum Gasteiger partial charge on any atom is -0.404 e. The molecule has 3 heterocycles. The third-order valence-electron chi connectivity index (χ3n) is 5.08. The number of alkyl halides is 3. The fraction of sp³-hybridized carbons (Fsp3) is 0.318. The number of anilines is 2. The average molecular weight is 523 g/mol. The Bertz CT molecular complexity index is 1230. The first-order chi connectivity index (χ1) is 17.2. The number of aromatic nitrogens is 3. The standard InChI is InChI=1S/C22H21F3N6O4S/c23-22(24,25)35-17-3-1-13(9-15(17)28-19(33)12-31-5-7-34-8-6-31)16(32)10-20-29-30-21(36-20)14-2-4-18(26)27-11-14/h1-4,9,11H,5-8,10,12H2,(H2,26,27)(H,28,33). The van der Waals surface area contributed by atoms with Gasteiger partial charge >= 0.3 is 6.36 Å². The summed E-state index contributed by atoms with van der Waals surface area (Å²) >= 11 is 1.18. The molecule has 2 aromatic heterocycles. The largest absolute Gasteiger partial charge is 0.573 e. The van der Waals surface area contributed by atoms with Crippen molar-refractivity contribution < 1.29 is 32.2 Å². The summed E-state index contributed by atoms with van der Waals surface area (Å²) in [6.45, 7) is 1.92. The van der Waals surface area contributed by atoms with E-state index in [1.165, 1.54) is 23.6 Å². The van der Waals surface area contributed by atoms with Crippen LogP contribution in [0.1, 0.15) is 15.4 Å². The number of nitrogens with two attached hydrogens (primary N) is 1. The van der Waals surface area contributed by atoms with Gasteiger partial charge in [0.1, 0.15) is 15.8 Å². The van der Waals surface area contributed by atoms with E-state index in [2.05, 4.69) is 25.2 Å². The van der Waals surface area contributed by atoms with Crippen molar-refractivity contribution in [3.05, 3.63) is 47.1 Å². The number of hydrogen-bond acceptors (Lipinski definition) is 10. The Hall–Kier alpha value is -3.62. The smallest absolute Gasteiger partial charge is 0.404 e. The quantitative estimate of drug-likeness (QED) is 0.429. The van der Waals surface area contributed by atoms with Gasteiger partial charge in [0.15, 0.2) is 11.5 Å². The number of carbonyl (C=O) groups is 2. The molecule has 3 N–H and O–H groups in total. The van der Waals surface area contributed by atoms with Gasteiger partial charge in [-0.1, -0.05) is 11.3 Å². The van der Waals surface area contributed by atoms with Crippen molar-refractivity contribution in [2.75, 3.05) is 43.9 Å². The van der Waals surface area contributed by atoms with Crippen molar-refractivity contribution >= 4 is 34.5 Å². The van der Waals surface area contributed by atoms with Crippen LogP contribution in [0.25, 0.3) is 10.6 Å². The number of ether oxygens (including phenoxy) is 2. The van der Waals surface area contributed by atoms with Crippen LogP contribution < -0.4 is 15.8 Å². The molecule has 0 saturated carbocycles. The Labute approximate surface area is 207 Å². The van der Waals surface area contributed by atoms with Crippen molar-refractivity contribution in [2.24, 2.45) is 0 Å². The molecule has 0 unspecified atom stereocenters. The first-order valence-corrected chi connectivity index (χ1v) is 11.5. The van der Waals surface area contributed by atoms with Gasteiger partial charge in [-0.3, -0.25) is 14.5 Å². The van der Waals surface area contributed by atoms with E-state index in [-0.39, 0.29) is 24.2 Å². The summed E-state index contributed by atoms with van der Waals surface area (Å²) < 4.78 is 47.9. The molecule has 1 aromatic carbocycles. The molecular weight excluding hydrogens is 501 g/mol. The lowest BCUT2D eigenvalue weighted by Gasteiger charge is -2.26. The molecule has 3 aromatic rings. The molecule has 1 saturated heterocycles. The molecule has 4 rings (SSSR count). The number of rotatable bonds is 8. The van der Waals surface area contributed by atoms with Crippen molar-refractivity contribution in [1.29, 1.82) is 0 Å². The number of amides is 1. The van der Waals surface area contributed by atoms with E-state index in [0.717, 1.165) is 12.1 Å². The van der Waals surface area contributed by atoms with E-state index < -0.39 is 23.8 Å². The van der Waals surface area contributed by atoms with E-state index in [1.54, 1.807) is 12.1 Å². The lowest BCUT2D eigenvalue weighted by Crippen LogP contribution is -2.41. The fourth-order valence-corrected chi connectivity index (χ4v) is 4.21. The Balaban J connectivity index is 1.49. The molecule has 190 valence electrons. The summed E-state index contributed by atoms with van der Waals surface area (Å²) in [6, 6.07) is 6.69. The molecule has 10 nitrogen and oxygen atoms in total. The number of hydrogen-bond donors (Lipinski definition) is 2. The van der Waals surface area contributed by atoms with Gasteiger partial charge in [-0.2, -0.15) is 0 Å². The number of Topliss-reactive ketones (excluding diaryl/α,β-unsaturated/α-hetero) is 1. The van der Waals surface area contributed by atoms with Crippen LogP contribution >= 0.6 is 11.3 Å². The maximum absolute atomic E-state index is 12.9. The van der Waals surface area contributed by atoms with Crippen LogP contribution in [-0.4, -0.2) is 71.0 Å². The van der Waals surface area contributed by atoms with Crippen LogP contribution in [0.3, 0.4) is 0 Å². The second kappa shape index (κ2) is 11.0. The van der Waals surface area contributed by atoms with Gasteiger partial charge in [-0.15, -0.1) is 23.4 Å². The van der Waals surface area contributed by atoms with Crippen molar-refractivity contribution in [3.63, 3.8) is 0 Å². The maximum atomic E-state index is 12.9. The molecule has 1 aliphatic heterocycles. The fourth-order valence-electron chi connectivity index (χ4n) is 3.38. The normalized spacial score (nSPS) is 14.4. The van der Waals surface area contributed by atoms with Crippen LogP contribution in [-0.2, 0) is 16.0 Å². The number of nitrogens with one attached hydrogen (secondary N) is 1. The predicted octanol–water partition coefficient (Wildman–Crippen LogP) is 2.78. The zero-order valence-electron chi connectivity index (χ0n) is 18.7. The third-order valence-corrected chi connectivity index (χ3v) is 6.06. The predicted molar refractivity (Wildman–Crippen MR) is 125 cm³/mol. The molecule has 0 radical (unpaired) electrons. The van der Waals surface area contributed by atoms with Gasteiger partial charge in [0.2, 0.25) is 5.91 Å². The number of nitrogens with zero attached hydrogens (tertiary/aromatic N) is 4. The summed E-state index contributed by atoms with van der Waals surface area (Å²) in [7, 11) is 0. The van der Waals surface area contributed by atoms with Crippen LogP contribution in [0, 0.1) is 0 Å². The first-order valence-electron chi connectivity index (χ1n) is 10.7. The summed E-state index contributed by atoms with van der Waals surface area (Å²) in [4.78, 5) is 31.2. The van der Waals surface area contributed by atoms with Gasteiger partial charge < -0.3 is 20.5 Å². The zero-order valence-corrected chi connectivity index (χ0v) is 19.6. The zero-order chi connectivity index (χ0) is 25.7. The number of benzene rings is 1. The number of pyridine rings is 1. The summed E-state index contributed by atoms with van der Waals surface area (Å²) in [5.41, 5.74) is 6.08. The van der Waals surface area contributed by atoms with Crippen LogP contribution in [0.2, 0.25) is 0 Å². The minimum atomic E-state index is -4.98. The molecule has 0 bridgehead atoms. The van der Waals surface area contributed by atoms with Gasteiger partial charge in [0.05, 0.1) is 31.9 Å². The average Bonchev–Trinajstić information content (AvgIpc) is 3.28. The number of ketones is 1. The molecule has 14 heteroatoms. The van der Waals surface area contributed by atoms with Crippen molar-refractivity contribution in [1.82, 2.24) is 20.1 Å². The highest BCUT2D eigenvalue weighted by Gasteiger charge is 2.32. The second-order valence-electron chi connectivity index (χ2n) is 7.77. The Morgan fingerprint density at radius 2 is 1.94 bits per heavy atom. The van der Waals surface area contributed by atoms with E-state index >= 15 is 0 Å². The Morgan fingerprint density at radius 3 is 2.64 bits per heavy atom. The Kier molecular flexibility index (Phi) is 7.76. The molecule has 1 amide bonds. The van der Waals surface area contributed by atoms with Crippen molar-refractivity contribution in [3.8, 4) is 16.3 Å². The topological polar surface area (TPSA) is 133 Å². The van der Waals surface area contributed by atoms with Gasteiger partial charge in [0.25, 0.3) is 0 Å².